The minimum Gasteiger partial charge on any atom is -0.456 e. The smallest absolute Gasteiger partial charge is 0.136 e. The van der Waals surface area contributed by atoms with E-state index in [2.05, 4.69) is 193 Å². The van der Waals surface area contributed by atoms with E-state index >= 15 is 0 Å². The third kappa shape index (κ3) is 5.36. The van der Waals surface area contributed by atoms with Crippen LogP contribution in [-0.4, -0.2) is 0 Å². The van der Waals surface area contributed by atoms with Crippen LogP contribution >= 0.6 is 0 Å². The van der Waals surface area contributed by atoms with Gasteiger partial charge in [0, 0.05) is 38.6 Å². The quantitative estimate of drug-likeness (QED) is 0.173. The van der Waals surface area contributed by atoms with Crippen molar-refractivity contribution in [1.29, 1.82) is 0 Å². The fourth-order valence-corrected chi connectivity index (χ4v) is 8.15. The predicted molar refractivity (Wildman–Crippen MR) is 229 cm³/mol. The Labute approximate surface area is 317 Å². The summed E-state index contributed by atoms with van der Waals surface area (Å²) in [5.74, 6) is 0. The van der Waals surface area contributed by atoms with Crippen LogP contribution in [0.2, 0.25) is 0 Å². The summed E-state index contributed by atoms with van der Waals surface area (Å²) in [5.41, 5.74) is 13.7. The number of hydrogen-bond donors (Lipinski definition) is 0. The molecule has 0 saturated heterocycles. The molecule has 0 aliphatic rings. The summed E-state index contributed by atoms with van der Waals surface area (Å²) in [5, 5.41) is 6.93. The highest BCUT2D eigenvalue weighted by molar-refractivity contribution is 6.13. The summed E-state index contributed by atoms with van der Waals surface area (Å²) in [6, 6.07) is 71.0. The van der Waals surface area contributed by atoms with Gasteiger partial charge in [-0.05, 0) is 117 Å². The number of furan rings is 2. The van der Waals surface area contributed by atoms with E-state index in [-0.39, 0.29) is 0 Å². The molecule has 9 aromatic carbocycles. The van der Waals surface area contributed by atoms with Crippen LogP contribution in [0, 0.1) is 0 Å². The largest absolute Gasteiger partial charge is 0.456 e. The van der Waals surface area contributed by atoms with Gasteiger partial charge in [-0.3, -0.25) is 0 Å². The van der Waals surface area contributed by atoms with E-state index in [1.54, 1.807) is 0 Å². The molecule has 0 aliphatic carbocycles. The molecule has 0 spiro atoms. The molecule has 0 aliphatic heterocycles. The van der Waals surface area contributed by atoms with Crippen LogP contribution in [0.1, 0.15) is 0 Å². The van der Waals surface area contributed by atoms with Gasteiger partial charge >= 0.3 is 0 Å². The average molecular weight is 704 g/mol. The molecule has 0 atom stereocenters. The highest BCUT2D eigenvalue weighted by Crippen LogP contribution is 2.42. The highest BCUT2D eigenvalue weighted by Gasteiger charge is 2.17. The first-order valence-corrected chi connectivity index (χ1v) is 18.7. The average Bonchev–Trinajstić information content (AvgIpc) is 3.81. The Morgan fingerprint density at radius 2 is 0.873 bits per heavy atom. The molecule has 55 heavy (non-hydrogen) atoms. The lowest BCUT2D eigenvalue weighted by molar-refractivity contribution is 0.669. The summed E-state index contributed by atoms with van der Waals surface area (Å²) >= 11 is 0. The molecule has 3 nitrogen and oxygen atoms in total. The van der Waals surface area contributed by atoms with Crippen LogP contribution in [-0.2, 0) is 0 Å². The van der Waals surface area contributed by atoms with Crippen LogP contribution in [0.5, 0.6) is 0 Å². The van der Waals surface area contributed by atoms with Gasteiger partial charge in [0.15, 0.2) is 0 Å². The maximum absolute atomic E-state index is 6.42. The fraction of sp³-hybridized carbons (Fsp3) is 0. The third-order valence-electron chi connectivity index (χ3n) is 10.8. The normalized spacial score (nSPS) is 11.6. The summed E-state index contributed by atoms with van der Waals surface area (Å²) in [7, 11) is 0. The molecule has 3 heteroatoms. The molecule has 0 unspecified atom stereocenters. The van der Waals surface area contributed by atoms with Gasteiger partial charge in [-0.2, -0.15) is 0 Å². The molecule has 0 radical (unpaired) electrons. The molecule has 0 saturated carbocycles. The van der Waals surface area contributed by atoms with Gasteiger partial charge in [-0.15, -0.1) is 0 Å². The molecule has 2 aromatic heterocycles. The lowest BCUT2D eigenvalue weighted by Gasteiger charge is -2.26. The van der Waals surface area contributed by atoms with Crippen molar-refractivity contribution >= 4 is 71.7 Å². The Balaban J connectivity index is 1.00. The molecular weight excluding hydrogens is 671 g/mol. The first-order valence-electron chi connectivity index (χ1n) is 18.7. The van der Waals surface area contributed by atoms with E-state index in [1.165, 1.54) is 21.9 Å². The van der Waals surface area contributed by atoms with Gasteiger partial charge in [0.25, 0.3) is 0 Å². The van der Waals surface area contributed by atoms with E-state index in [0.29, 0.717) is 0 Å². The summed E-state index contributed by atoms with van der Waals surface area (Å²) in [4.78, 5) is 2.34. The molecule has 11 aromatic rings. The zero-order chi connectivity index (χ0) is 36.3. The summed E-state index contributed by atoms with van der Waals surface area (Å²) < 4.78 is 12.7. The number of para-hydroxylation sites is 1. The summed E-state index contributed by atoms with van der Waals surface area (Å²) in [6.45, 7) is 0. The zero-order valence-corrected chi connectivity index (χ0v) is 29.8. The van der Waals surface area contributed by atoms with Crippen LogP contribution in [0.15, 0.2) is 209 Å². The first kappa shape index (κ1) is 31.2. The number of rotatable bonds is 6. The maximum atomic E-state index is 6.42. The first-order chi connectivity index (χ1) is 27.2. The molecule has 11 rings (SSSR count). The topological polar surface area (TPSA) is 29.5 Å². The van der Waals surface area contributed by atoms with Crippen molar-refractivity contribution in [3.05, 3.63) is 200 Å². The maximum Gasteiger partial charge on any atom is 0.136 e. The minimum atomic E-state index is 0.891. The van der Waals surface area contributed by atoms with Crippen molar-refractivity contribution in [3.8, 4) is 33.4 Å². The Morgan fingerprint density at radius 1 is 0.291 bits per heavy atom. The molecule has 2 heterocycles. The Kier molecular flexibility index (Phi) is 7.17. The van der Waals surface area contributed by atoms with Crippen LogP contribution in [0.3, 0.4) is 0 Å². The lowest BCUT2D eigenvalue weighted by atomic mass is 9.98. The van der Waals surface area contributed by atoms with Gasteiger partial charge in [-0.1, -0.05) is 127 Å². The van der Waals surface area contributed by atoms with Crippen molar-refractivity contribution < 1.29 is 8.83 Å². The van der Waals surface area contributed by atoms with Crippen molar-refractivity contribution in [2.75, 3.05) is 4.90 Å². The molecule has 0 amide bonds. The molecule has 258 valence electrons. The molecule has 0 fully saturated rings. The second-order valence-corrected chi connectivity index (χ2v) is 14.1. The van der Waals surface area contributed by atoms with Crippen molar-refractivity contribution in [1.82, 2.24) is 0 Å². The predicted octanol–water partition coefficient (Wildman–Crippen LogP) is 15.1. The van der Waals surface area contributed by atoms with Crippen molar-refractivity contribution in [3.63, 3.8) is 0 Å². The van der Waals surface area contributed by atoms with Crippen LogP contribution in [0.25, 0.3) is 88.0 Å². The van der Waals surface area contributed by atoms with Crippen LogP contribution < -0.4 is 4.90 Å². The Bertz CT molecular complexity index is 3190. The fourth-order valence-electron chi connectivity index (χ4n) is 8.15. The number of benzene rings is 9. The Morgan fingerprint density at radius 3 is 1.67 bits per heavy atom. The van der Waals surface area contributed by atoms with E-state index in [1.807, 2.05) is 12.1 Å². The van der Waals surface area contributed by atoms with E-state index in [4.69, 9.17) is 8.83 Å². The second kappa shape index (κ2) is 12.6. The number of nitrogens with zero attached hydrogens (tertiary/aromatic N) is 1. The summed E-state index contributed by atoms with van der Waals surface area (Å²) in [6.07, 6.45) is 0. The van der Waals surface area contributed by atoms with E-state index in [9.17, 15) is 0 Å². The molecule has 0 bridgehead atoms. The second-order valence-electron chi connectivity index (χ2n) is 14.1. The molecular formula is C52H33NO2. The molecule has 0 N–H and O–H groups in total. The van der Waals surface area contributed by atoms with Gasteiger partial charge in [-0.25, -0.2) is 0 Å². The van der Waals surface area contributed by atoms with Gasteiger partial charge < -0.3 is 13.7 Å². The third-order valence-corrected chi connectivity index (χ3v) is 10.8. The SMILES string of the molecule is c1ccc(-c2ccc(N(c3ccc(-c4ccc5c(c4)oc4cc6ccccc6cc45)cc3)c3cccc(-c4cccc5oc6ccccc6c45)c3)cc2)cc1. The standard InChI is InChI=1S/C52H33NO2/c1-2-10-34(11-3-1)35-20-25-41(26-21-35)53(43-15-8-14-40(30-43)44-17-9-19-49-52(44)46-16-6-7-18-48(46)54-49)42-27-22-36(23-28-42)39-24-29-45-47-31-37-12-4-5-13-38(37)32-51(47)55-50(45)33-39/h1-33H. The van der Waals surface area contributed by atoms with Gasteiger partial charge in [0.2, 0.25) is 0 Å². The lowest BCUT2D eigenvalue weighted by Crippen LogP contribution is -2.10. The van der Waals surface area contributed by atoms with E-state index < -0.39 is 0 Å². The van der Waals surface area contributed by atoms with Gasteiger partial charge in [0.05, 0.1) is 0 Å². The zero-order valence-electron chi connectivity index (χ0n) is 29.8. The number of fused-ring (bicyclic) bond motifs is 7. The Hall–Kier alpha value is -7.36. The van der Waals surface area contributed by atoms with Crippen LogP contribution in [0.4, 0.5) is 17.1 Å². The highest BCUT2D eigenvalue weighted by atomic mass is 16.3. The van der Waals surface area contributed by atoms with Crippen molar-refractivity contribution in [2.24, 2.45) is 0 Å². The number of anilines is 3. The monoisotopic (exact) mass is 703 g/mol. The van der Waals surface area contributed by atoms with Crippen molar-refractivity contribution in [2.45, 2.75) is 0 Å². The number of hydrogen-bond acceptors (Lipinski definition) is 3. The van der Waals surface area contributed by atoms with Gasteiger partial charge in [0.1, 0.15) is 22.3 Å². The minimum absolute atomic E-state index is 0.891. The van der Waals surface area contributed by atoms with E-state index in [0.717, 1.165) is 83.2 Å².